The molecule has 1 amide bonds. The molecule has 21 heavy (non-hydrogen) atoms. The molecule has 1 N–H and O–H groups in total. The minimum absolute atomic E-state index is 0.202. The van der Waals surface area contributed by atoms with Gasteiger partial charge >= 0.3 is 5.97 Å². The lowest BCUT2D eigenvalue weighted by Gasteiger charge is -2.24. The van der Waals surface area contributed by atoms with Crippen LogP contribution in [0.3, 0.4) is 0 Å². The number of rotatable bonds is 2. The highest BCUT2D eigenvalue weighted by molar-refractivity contribution is 5.88. The summed E-state index contributed by atoms with van der Waals surface area (Å²) in [7, 11) is 0. The Hall–Kier alpha value is -2.04. The third-order valence-corrected chi connectivity index (χ3v) is 4.45. The van der Waals surface area contributed by atoms with Crippen molar-refractivity contribution in [3.05, 3.63) is 28.8 Å². The van der Waals surface area contributed by atoms with Crippen LogP contribution in [0.25, 0.3) is 0 Å². The molecule has 1 aromatic rings. The molecule has 2 heterocycles. The summed E-state index contributed by atoms with van der Waals surface area (Å²) in [5.41, 5.74) is 3.34. The van der Waals surface area contributed by atoms with Crippen molar-refractivity contribution in [3.63, 3.8) is 0 Å². The lowest BCUT2D eigenvalue weighted by atomic mass is 10.0. The van der Waals surface area contributed by atoms with E-state index in [1.807, 2.05) is 19.9 Å². The van der Waals surface area contributed by atoms with Crippen LogP contribution >= 0.6 is 0 Å². The molecule has 1 saturated heterocycles. The quantitative estimate of drug-likeness (QED) is 0.899. The van der Waals surface area contributed by atoms with Crippen LogP contribution in [0.4, 0.5) is 0 Å². The van der Waals surface area contributed by atoms with Gasteiger partial charge in [0.05, 0.1) is 0 Å². The highest BCUT2D eigenvalue weighted by Crippen LogP contribution is 2.33. The monoisotopic (exact) mass is 289 g/mol. The summed E-state index contributed by atoms with van der Waals surface area (Å²) >= 11 is 0. The highest BCUT2D eigenvalue weighted by Gasteiger charge is 2.40. The maximum absolute atomic E-state index is 12.5. The topological polar surface area (TPSA) is 66.8 Å². The third kappa shape index (κ3) is 2.37. The Balaban J connectivity index is 1.78. The van der Waals surface area contributed by atoms with Crippen molar-refractivity contribution in [1.82, 2.24) is 4.90 Å². The van der Waals surface area contributed by atoms with Crippen molar-refractivity contribution >= 4 is 11.9 Å². The number of nitrogens with zero attached hydrogens (tertiary/aromatic N) is 1. The molecule has 0 aromatic heterocycles. The van der Waals surface area contributed by atoms with Crippen LogP contribution in [0.1, 0.15) is 29.5 Å². The van der Waals surface area contributed by atoms with Gasteiger partial charge in [-0.15, -0.1) is 0 Å². The van der Waals surface area contributed by atoms with Crippen LogP contribution < -0.4 is 4.74 Å². The summed E-state index contributed by atoms with van der Waals surface area (Å²) in [6.07, 6.45) is 1.21. The molecular weight excluding hydrogens is 270 g/mol. The average Bonchev–Trinajstić information content (AvgIpc) is 3.04. The Morgan fingerprint density at radius 2 is 2.00 bits per heavy atom. The number of aliphatic carboxylic acids is 1. The molecule has 0 saturated carbocycles. The first kappa shape index (κ1) is 13.9. The van der Waals surface area contributed by atoms with E-state index in [1.54, 1.807) is 0 Å². The maximum Gasteiger partial charge on any atom is 0.326 e. The smallest absolute Gasteiger partial charge is 0.326 e. The first-order valence-electron chi connectivity index (χ1n) is 7.27. The van der Waals surface area contributed by atoms with Gasteiger partial charge in [-0.25, -0.2) is 4.79 Å². The molecule has 2 atom stereocenters. The molecule has 0 spiro atoms. The number of carboxylic acid groups (broad SMARTS) is 1. The fourth-order valence-electron chi connectivity index (χ4n) is 3.12. The summed E-state index contributed by atoms with van der Waals surface area (Å²) < 4.78 is 5.76. The zero-order valence-corrected chi connectivity index (χ0v) is 12.3. The summed E-state index contributed by atoms with van der Waals surface area (Å²) in [6, 6.07) is 3.31. The number of likely N-dealkylation sites (tertiary alicyclic amines) is 1. The van der Waals surface area contributed by atoms with Crippen molar-refractivity contribution < 1.29 is 19.4 Å². The normalized spacial score (nSPS) is 23.8. The van der Waals surface area contributed by atoms with Gasteiger partial charge in [0.2, 0.25) is 0 Å². The SMILES string of the molecule is Cc1cc2c(cc1C)OC(C(=O)N1CCCC1C(=O)O)C2. The molecule has 3 rings (SSSR count). The predicted octanol–water partition coefficient (Wildman–Crippen LogP) is 1.68. The van der Waals surface area contributed by atoms with Crippen molar-refractivity contribution in [2.24, 2.45) is 0 Å². The second kappa shape index (κ2) is 5.06. The van der Waals surface area contributed by atoms with Gasteiger partial charge in [-0.3, -0.25) is 4.79 Å². The van der Waals surface area contributed by atoms with E-state index >= 15 is 0 Å². The molecule has 1 aromatic carbocycles. The number of fused-ring (bicyclic) bond motifs is 1. The highest BCUT2D eigenvalue weighted by atomic mass is 16.5. The van der Waals surface area contributed by atoms with Gasteiger partial charge in [0.1, 0.15) is 11.8 Å². The Kier molecular flexibility index (Phi) is 3.35. The molecule has 112 valence electrons. The molecule has 2 aliphatic rings. The minimum atomic E-state index is -0.928. The van der Waals surface area contributed by atoms with Crippen molar-refractivity contribution in [2.75, 3.05) is 6.54 Å². The van der Waals surface area contributed by atoms with E-state index in [0.29, 0.717) is 19.4 Å². The van der Waals surface area contributed by atoms with E-state index in [1.165, 1.54) is 10.5 Å². The van der Waals surface area contributed by atoms with Crippen LogP contribution in [0.2, 0.25) is 0 Å². The average molecular weight is 289 g/mol. The minimum Gasteiger partial charge on any atom is -0.480 e. The largest absolute Gasteiger partial charge is 0.480 e. The number of carbonyl (C=O) groups excluding carboxylic acids is 1. The zero-order chi connectivity index (χ0) is 15.1. The zero-order valence-electron chi connectivity index (χ0n) is 12.3. The van der Waals surface area contributed by atoms with Gasteiger partial charge in [0.25, 0.3) is 5.91 Å². The number of hydrogen-bond donors (Lipinski definition) is 1. The fraction of sp³-hybridized carbons (Fsp3) is 0.500. The van der Waals surface area contributed by atoms with Crippen LogP contribution in [-0.4, -0.2) is 40.6 Å². The number of benzene rings is 1. The van der Waals surface area contributed by atoms with E-state index < -0.39 is 18.1 Å². The van der Waals surface area contributed by atoms with Crippen LogP contribution in [0, 0.1) is 13.8 Å². The predicted molar refractivity (Wildman–Crippen MR) is 76.4 cm³/mol. The number of aryl methyl sites for hydroxylation is 2. The summed E-state index contributed by atoms with van der Waals surface area (Å²) in [6.45, 7) is 4.55. The summed E-state index contributed by atoms with van der Waals surface area (Å²) in [5.74, 6) is -0.378. The van der Waals surface area contributed by atoms with E-state index in [4.69, 9.17) is 4.74 Å². The maximum atomic E-state index is 12.5. The lowest BCUT2D eigenvalue weighted by Crippen LogP contribution is -2.46. The third-order valence-electron chi connectivity index (χ3n) is 4.45. The van der Waals surface area contributed by atoms with Gasteiger partial charge in [0, 0.05) is 13.0 Å². The molecule has 5 heteroatoms. The summed E-state index contributed by atoms with van der Waals surface area (Å²) in [4.78, 5) is 25.2. The molecular formula is C16H19NO4. The first-order valence-corrected chi connectivity index (χ1v) is 7.27. The number of carbonyl (C=O) groups is 2. The summed E-state index contributed by atoms with van der Waals surface area (Å²) in [5, 5.41) is 9.19. The van der Waals surface area contributed by atoms with Gasteiger partial charge in [-0.1, -0.05) is 6.07 Å². The van der Waals surface area contributed by atoms with Gasteiger partial charge in [-0.05, 0) is 49.4 Å². The van der Waals surface area contributed by atoms with Crippen molar-refractivity contribution in [3.8, 4) is 5.75 Å². The van der Waals surface area contributed by atoms with Gasteiger partial charge < -0.3 is 14.7 Å². The lowest BCUT2D eigenvalue weighted by molar-refractivity contribution is -0.150. The van der Waals surface area contributed by atoms with E-state index in [2.05, 4.69) is 6.07 Å². The van der Waals surface area contributed by atoms with Crippen LogP contribution in [0.15, 0.2) is 12.1 Å². The van der Waals surface area contributed by atoms with E-state index in [9.17, 15) is 14.7 Å². The Bertz CT molecular complexity index is 580. The molecule has 2 unspecified atom stereocenters. The van der Waals surface area contributed by atoms with Crippen molar-refractivity contribution in [1.29, 1.82) is 0 Å². The van der Waals surface area contributed by atoms with Gasteiger partial charge in [0.15, 0.2) is 6.10 Å². The number of carboxylic acids is 1. The van der Waals surface area contributed by atoms with Crippen molar-refractivity contribution in [2.45, 2.75) is 45.3 Å². The molecule has 0 radical (unpaired) electrons. The first-order chi connectivity index (χ1) is 9.97. The molecule has 2 aliphatic heterocycles. The standard InChI is InChI=1S/C16H19NO4/c1-9-6-11-8-14(21-13(11)7-10(9)2)15(18)17-5-3-4-12(17)16(19)20/h6-7,12,14H,3-5,8H2,1-2H3,(H,19,20). The molecule has 0 bridgehead atoms. The van der Waals surface area contributed by atoms with Gasteiger partial charge in [-0.2, -0.15) is 0 Å². The van der Waals surface area contributed by atoms with Crippen LogP contribution in [-0.2, 0) is 16.0 Å². The second-order valence-corrected chi connectivity index (χ2v) is 5.88. The van der Waals surface area contributed by atoms with E-state index in [0.717, 1.165) is 23.3 Å². The Labute approximate surface area is 123 Å². The number of amides is 1. The number of ether oxygens (including phenoxy) is 1. The Morgan fingerprint density at radius 3 is 2.71 bits per heavy atom. The molecule has 0 aliphatic carbocycles. The van der Waals surface area contributed by atoms with Crippen LogP contribution in [0.5, 0.6) is 5.75 Å². The number of hydrogen-bond acceptors (Lipinski definition) is 3. The fourth-order valence-corrected chi connectivity index (χ4v) is 3.12. The van der Waals surface area contributed by atoms with E-state index in [-0.39, 0.29) is 5.91 Å². The second-order valence-electron chi connectivity index (χ2n) is 5.88. The Morgan fingerprint density at radius 1 is 1.29 bits per heavy atom. The molecule has 1 fully saturated rings. The molecule has 5 nitrogen and oxygen atoms in total.